The van der Waals surface area contributed by atoms with Gasteiger partial charge in [0, 0.05) is 18.7 Å². The van der Waals surface area contributed by atoms with Gasteiger partial charge in [-0.15, -0.1) is 0 Å². The normalized spacial score (nSPS) is 14.2. The molecule has 88 valence electrons. The molecule has 1 aromatic heterocycles. The van der Waals surface area contributed by atoms with Crippen molar-refractivity contribution in [3.8, 4) is 0 Å². The van der Waals surface area contributed by atoms with Crippen LogP contribution in [0, 0.1) is 0 Å². The molecule has 0 aliphatic rings. The molecule has 16 heavy (non-hydrogen) atoms. The SMILES string of the molecule is CC(N)CCC(=O)N[C@H](C)c1ccccn1. The quantitative estimate of drug-likeness (QED) is 0.789. The van der Waals surface area contributed by atoms with Gasteiger partial charge >= 0.3 is 0 Å². The Hall–Kier alpha value is -1.42. The van der Waals surface area contributed by atoms with Gasteiger partial charge in [-0.1, -0.05) is 6.07 Å². The smallest absolute Gasteiger partial charge is 0.220 e. The van der Waals surface area contributed by atoms with Crippen LogP contribution in [0.25, 0.3) is 0 Å². The average Bonchev–Trinajstić information content (AvgIpc) is 2.27. The van der Waals surface area contributed by atoms with E-state index in [0.717, 1.165) is 5.69 Å². The van der Waals surface area contributed by atoms with Crippen LogP contribution in [-0.4, -0.2) is 16.9 Å². The summed E-state index contributed by atoms with van der Waals surface area (Å²) in [5.74, 6) is 0.0236. The van der Waals surface area contributed by atoms with E-state index in [9.17, 15) is 4.79 Å². The molecule has 1 heterocycles. The summed E-state index contributed by atoms with van der Waals surface area (Å²) in [5, 5.41) is 2.89. The van der Waals surface area contributed by atoms with E-state index in [0.29, 0.717) is 12.8 Å². The first-order valence-electron chi connectivity index (χ1n) is 5.55. The lowest BCUT2D eigenvalue weighted by molar-refractivity contribution is -0.121. The fraction of sp³-hybridized carbons (Fsp3) is 0.500. The summed E-state index contributed by atoms with van der Waals surface area (Å²) in [6.45, 7) is 3.82. The molecule has 0 aliphatic heterocycles. The van der Waals surface area contributed by atoms with Gasteiger partial charge < -0.3 is 11.1 Å². The van der Waals surface area contributed by atoms with Crippen LogP contribution in [0.5, 0.6) is 0 Å². The van der Waals surface area contributed by atoms with Crippen LogP contribution in [0.3, 0.4) is 0 Å². The molecule has 0 saturated carbocycles. The molecule has 3 N–H and O–H groups in total. The van der Waals surface area contributed by atoms with Crippen LogP contribution in [0.15, 0.2) is 24.4 Å². The van der Waals surface area contributed by atoms with E-state index in [1.165, 1.54) is 0 Å². The Bertz CT molecular complexity index is 324. The lowest BCUT2D eigenvalue weighted by Crippen LogP contribution is -2.28. The maximum Gasteiger partial charge on any atom is 0.220 e. The van der Waals surface area contributed by atoms with Crippen LogP contribution >= 0.6 is 0 Å². The third-order valence-corrected chi connectivity index (χ3v) is 2.34. The highest BCUT2D eigenvalue weighted by atomic mass is 16.1. The number of amides is 1. The molecule has 1 unspecified atom stereocenters. The first kappa shape index (κ1) is 12.6. The minimum atomic E-state index is -0.0539. The van der Waals surface area contributed by atoms with E-state index < -0.39 is 0 Å². The van der Waals surface area contributed by atoms with Crippen LogP contribution in [0.1, 0.15) is 38.4 Å². The average molecular weight is 221 g/mol. The van der Waals surface area contributed by atoms with Crippen LogP contribution < -0.4 is 11.1 Å². The second-order valence-corrected chi connectivity index (χ2v) is 4.06. The van der Waals surface area contributed by atoms with Gasteiger partial charge in [-0.2, -0.15) is 0 Å². The van der Waals surface area contributed by atoms with Gasteiger partial charge in [0.05, 0.1) is 11.7 Å². The number of pyridine rings is 1. The Morgan fingerprint density at radius 2 is 2.25 bits per heavy atom. The molecule has 0 bridgehead atoms. The molecule has 0 aromatic carbocycles. The Balaban J connectivity index is 2.40. The summed E-state index contributed by atoms with van der Waals surface area (Å²) < 4.78 is 0. The second-order valence-electron chi connectivity index (χ2n) is 4.06. The lowest BCUT2D eigenvalue weighted by Gasteiger charge is -2.13. The van der Waals surface area contributed by atoms with Gasteiger partial charge in [0.1, 0.15) is 0 Å². The predicted molar refractivity (Wildman–Crippen MR) is 63.7 cm³/mol. The molecule has 4 heteroatoms. The van der Waals surface area contributed by atoms with E-state index >= 15 is 0 Å². The van der Waals surface area contributed by atoms with Crippen LogP contribution in [-0.2, 0) is 4.79 Å². The molecule has 0 spiro atoms. The van der Waals surface area contributed by atoms with Crippen molar-refractivity contribution >= 4 is 5.91 Å². The molecule has 0 radical (unpaired) electrons. The van der Waals surface area contributed by atoms with Crippen molar-refractivity contribution in [2.24, 2.45) is 5.73 Å². The summed E-state index contributed by atoms with van der Waals surface area (Å²) in [4.78, 5) is 15.7. The fourth-order valence-electron chi connectivity index (χ4n) is 1.38. The second kappa shape index (κ2) is 6.23. The van der Waals surface area contributed by atoms with Gasteiger partial charge in [0.15, 0.2) is 0 Å². The largest absolute Gasteiger partial charge is 0.348 e. The summed E-state index contributed by atoms with van der Waals surface area (Å²) in [6.07, 6.45) is 2.90. The molecule has 4 nitrogen and oxygen atoms in total. The summed E-state index contributed by atoms with van der Waals surface area (Å²) in [5.41, 5.74) is 6.46. The maximum absolute atomic E-state index is 11.5. The number of nitrogens with zero attached hydrogens (tertiary/aromatic N) is 1. The molecular weight excluding hydrogens is 202 g/mol. The zero-order valence-corrected chi connectivity index (χ0v) is 9.81. The number of carbonyl (C=O) groups excluding carboxylic acids is 1. The Labute approximate surface area is 96.3 Å². The molecule has 0 saturated heterocycles. The van der Waals surface area contributed by atoms with Crippen molar-refractivity contribution in [2.45, 2.75) is 38.8 Å². The number of nitrogens with two attached hydrogens (primary N) is 1. The first-order valence-corrected chi connectivity index (χ1v) is 5.55. The van der Waals surface area contributed by atoms with Crippen molar-refractivity contribution in [3.63, 3.8) is 0 Å². The van der Waals surface area contributed by atoms with Crippen LogP contribution in [0.4, 0.5) is 0 Å². The van der Waals surface area contributed by atoms with Crippen molar-refractivity contribution in [3.05, 3.63) is 30.1 Å². The number of nitrogens with one attached hydrogen (secondary N) is 1. The van der Waals surface area contributed by atoms with Gasteiger partial charge in [-0.05, 0) is 32.4 Å². The van der Waals surface area contributed by atoms with Gasteiger partial charge in [0.25, 0.3) is 0 Å². The van der Waals surface area contributed by atoms with Crippen molar-refractivity contribution < 1.29 is 4.79 Å². The molecule has 0 fully saturated rings. The first-order chi connectivity index (χ1) is 7.59. The van der Waals surface area contributed by atoms with Gasteiger partial charge in [-0.3, -0.25) is 9.78 Å². The zero-order chi connectivity index (χ0) is 12.0. The number of carbonyl (C=O) groups is 1. The maximum atomic E-state index is 11.5. The van der Waals surface area contributed by atoms with Crippen molar-refractivity contribution in [2.75, 3.05) is 0 Å². The molecule has 1 rings (SSSR count). The fourth-order valence-corrected chi connectivity index (χ4v) is 1.38. The zero-order valence-electron chi connectivity index (χ0n) is 9.81. The number of aromatic nitrogens is 1. The number of hydrogen-bond acceptors (Lipinski definition) is 3. The van der Waals surface area contributed by atoms with Crippen LogP contribution in [0.2, 0.25) is 0 Å². The van der Waals surface area contributed by atoms with E-state index in [1.54, 1.807) is 6.20 Å². The molecule has 1 amide bonds. The highest BCUT2D eigenvalue weighted by Gasteiger charge is 2.10. The monoisotopic (exact) mass is 221 g/mol. The number of rotatable bonds is 5. The van der Waals surface area contributed by atoms with E-state index in [4.69, 9.17) is 5.73 Å². The van der Waals surface area contributed by atoms with Gasteiger partial charge in [-0.25, -0.2) is 0 Å². The Morgan fingerprint density at radius 3 is 2.81 bits per heavy atom. The van der Waals surface area contributed by atoms with E-state index in [2.05, 4.69) is 10.3 Å². The Kier molecular flexibility index (Phi) is 4.92. The summed E-state index contributed by atoms with van der Waals surface area (Å²) >= 11 is 0. The summed E-state index contributed by atoms with van der Waals surface area (Å²) in [6, 6.07) is 5.68. The minimum Gasteiger partial charge on any atom is -0.348 e. The Morgan fingerprint density at radius 1 is 1.50 bits per heavy atom. The molecule has 1 aromatic rings. The third kappa shape index (κ3) is 4.40. The number of hydrogen-bond donors (Lipinski definition) is 2. The van der Waals surface area contributed by atoms with E-state index in [1.807, 2.05) is 32.0 Å². The highest BCUT2D eigenvalue weighted by molar-refractivity contribution is 5.76. The summed E-state index contributed by atoms with van der Waals surface area (Å²) in [7, 11) is 0. The molecular formula is C12H19N3O. The van der Waals surface area contributed by atoms with Crippen molar-refractivity contribution in [1.29, 1.82) is 0 Å². The highest BCUT2D eigenvalue weighted by Crippen LogP contribution is 2.08. The lowest BCUT2D eigenvalue weighted by atomic mass is 10.1. The van der Waals surface area contributed by atoms with Gasteiger partial charge in [0.2, 0.25) is 5.91 Å². The third-order valence-electron chi connectivity index (χ3n) is 2.34. The predicted octanol–water partition coefficient (Wildman–Crippen LogP) is 1.39. The van der Waals surface area contributed by atoms with Crippen molar-refractivity contribution in [1.82, 2.24) is 10.3 Å². The van der Waals surface area contributed by atoms with E-state index in [-0.39, 0.29) is 18.0 Å². The molecule has 2 atom stereocenters. The standard InChI is InChI=1S/C12H19N3O/c1-9(13)6-7-12(16)15-10(2)11-5-3-4-8-14-11/h3-5,8-10H,6-7,13H2,1-2H3,(H,15,16)/t9?,10-/m1/s1. The topological polar surface area (TPSA) is 68.0 Å². The minimum absolute atomic E-state index is 0.0236. The molecule has 0 aliphatic carbocycles.